The summed E-state index contributed by atoms with van der Waals surface area (Å²) in [6, 6.07) is 8.24. The first-order valence-corrected chi connectivity index (χ1v) is 7.83. The monoisotopic (exact) mass is 291 g/mol. The van der Waals surface area contributed by atoms with Crippen molar-refractivity contribution < 1.29 is 5.11 Å². The second-order valence-electron chi connectivity index (χ2n) is 5.69. The first-order chi connectivity index (χ1) is 9.94. The Bertz CT molecular complexity index is 450. The Morgan fingerprint density at radius 1 is 1.24 bits per heavy atom. The predicted molar refractivity (Wildman–Crippen MR) is 90.8 cm³/mol. The van der Waals surface area contributed by atoms with Crippen LogP contribution in [0.15, 0.2) is 29.3 Å². The van der Waals surface area contributed by atoms with E-state index in [1.165, 1.54) is 5.56 Å². The zero-order chi connectivity index (χ0) is 15.9. The smallest absolute Gasteiger partial charge is 0.193 e. The van der Waals surface area contributed by atoms with Gasteiger partial charge in [-0.05, 0) is 42.9 Å². The van der Waals surface area contributed by atoms with Crippen LogP contribution in [0.2, 0.25) is 0 Å². The number of nitrogens with zero attached hydrogens (tertiary/aromatic N) is 1. The van der Waals surface area contributed by atoms with Crippen molar-refractivity contribution in [1.29, 1.82) is 0 Å². The van der Waals surface area contributed by atoms with E-state index < -0.39 is 5.60 Å². The summed E-state index contributed by atoms with van der Waals surface area (Å²) in [5.41, 5.74) is 7.36. The van der Waals surface area contributed by atoms with Crippen LogP contribution >= 0.6 is 0 Å². The third-order valence-electron chi connectivity index (χ3n) is 4.22. The van der Waals surface area contributed by atoms with Crippen molar-refractivity contribution in [3.8, 4) is 0 Å². The van der Waals surface area contributed by atoms with Gasteiger partial charge in [0.2, 0.25) is 0 Å². The third kappa shape index (κ3) is 5.38. The lowest BCUT2D eigenvalue weighted by Gasteiger charge is -2.22. The van der Waals surface area contributed by atoms with Gasteiger partial charge in [-0.3, -0.25) is 4.99 Å². The SMILES string of the molecule is CCC(C)c1ccc(NC(N)=NCC(O)(CC)CC)cc1. The number of guanidine groups is 1. The van der Waals surface area contributed by atoms with Gasteiger partial charge in [-0.25, -0.2) is 0 Å². The first-order valence-electron chi connectivity index (χ1n) is 7.83. The molecule has 0 fully saturated rings. The highest BCUT2D eigenvalue weighted by Gasteiger charge is 2.21. The van der Waals surface area contributed by atoms with Crippen molar-refractivity contribution in [2.45, 2.75) is 58.5 Å². The summed E-state index contributed by atoms with van der Waals surface area (Å²) in [6.07, 6.45) is 2.47. The van der Waals surface area contributed by atoms with Gasteiger partial charge in [-0.15, -0.1) is 0 Å². The van der Waals surface area contributed by atoms with Crippen LogP contribution in [-0.4, -0.2) is 23.2 Å². The standard InChI is InChI=1S/C17H29N3O/c1-5-13(4)14-8-10-15(11-9-14)20-16(18)19-12-17(21,6-2)7-3/h8-11,13,21H,5-7,12H2,1-4H3,(H3,18,19,20). The van der Waals surface area contributed by atoms with Crippen LogP contribution in [0.3, 0.4) is 0 Å². The van der Waals surface area contributed by atoms with E-state index in [2.05, 4.69) is 36.3 Å². The number of benzene rings is 1. The largest absolute Gasteiger partial charge is 0.388 e. The van der Waals surface area contributed by atoms with Crippen LogP contribution in [0.1, 0.15) is 58.4 Å². The van der Waals surface area contributed by atoms with Gasteiger partial charge in [0.25, 0.3) is 0 Å². The minimum atomic E-state index is -0.757. The molecule has 0 radical (unpaired) electrons. The predicted octanol–water partition coefficient (Wildman–Crippen LogP) is 3.48. The number of hydrogen-bond donors (Lipinski definition) is 3. The average Bonchev–Trinajstić information content (AvgIpc) is 2.52. The van der Waals surface area contributed by atoms with E-state index in [-0.39, 0.29) is 0 Å². The van der Waals surface area contributed by atoms with E-state index in [0.717, 1.165) is 12.1 Å². The van der Waals surface area contributed by atoms with Gasteiger partial charge < -0.3 is 16.2 Å². The molecule has 4 N–H and O–H groups in total. The lowest BCUT2D eigenvalue weighted by Crippen LogP contribution is -2.33. The van der Waals surface area contributed by atoms with Gasteiger partial charge >= 0.3 is 0 Å². The maximum Gasteiger partial charge on any atom is 0.193 e. The summed E-state index contributed by atoms with van der Waals surface area (Å²) in [6.45, 7) is 8.63. The first kappa shape index (κ1) is 17.5. The Morgan fingerprint density at radius 2 is 1.81 bits per heavy atom. The van der Waals surface area contributed by atoms with E-state index >= 15 is 0 Å². The summed E-state index contributed by atoms with van der Waals surface area (Å²) in [7, 11) is 0. The molecule has 0 aliphatic rings. The van der Waals surface area contributed by atoms with Gasteiger partial charge in [-0.2, -0.15) is 0 Å². The number of hydrogen-bond acceptors (Lipinski definition) is 2. The number of aliphatic hydroxyl groups is 1. The fourth-order valence-corrected chi connectivity index (χ4v) is 2.02. The van der Waals surface area contributed by atoms with Gasteiger partial charge in [0.15, 0.2) is 5.96 Å². The molecule has 0 saturated heterocycles. The summed E-state index contributed by atoms with van der Waals surface area (Å²) in [4.78, 5) is 4.24. The molecule has 4 heteroatoms. The highest BCUT2D eigenvalue weighted by Crippen LogP contribution is 2.20. The van der Waals surface area contributed by atoms with E-state index in [4.69, 9.17) is 5.73 Å². The topological polar surface area (TPSA) is 70.6 Å². The fourth-order valence-electron chi connectivity index (χ4n) is 2.02. The quantitative estimate of drug-likeness (QED) is 0.532. The normalized spacial score (nSPS) is 14.0. The molecule has 0 amide bonds. The van der Waals surface area contributed by atoms with Crippen LogP contribution in [-0.2, 0) is 0 Å². The Morgan fingerprint density at radius 3 is 2.29 bits per heavy atom. The maximum atomic E-state index is 10.2. The Hall–Kier alpha value is -1.55. The van der Waals surface area contributed by atoms with Gasteiger partial charge in [-0.1, -0.05) is 39.8 Å². The minimum absolute atomic E-state index is 0.323. The Labute approximate surface area is 128 Å². The molecule has 1 unspecified atom stereocenters. The Kier molecular flexibility index (Phi) is 6.69. The summed E-state index contributed by atoms with van der Waals surface area (Å²) >= 11 is 0. The number of aliphatic imine (C=N–C) groups is 1. The number of anilines is 1. The highest BCUT2D eigenvalue weighted by atomic mass is 16.3. The van der Waals surface area contributed by atoms with Crippen LogP contribution < -0.4 is 11.1 Å². The molecule has 4 nitrogen and oxygen atoms in total. The molecule has 0 aromatic heterocycles. The van der Waals surface area contributed by atoms with Crippen LogP contribution in [0, 0.1) is 0 Å². The zero-order valence-electron chi connectivity index (χ0n) is 13.7. The second kappa shape index (κ2) is 8.03. The van der Waals surface area contributed by atoms with Crippen molar-refractivity contribution in [2.24, 2.45) is 10.7 Å². The average molecular weight is 291 g/mol. The van der Waals surface area contributed by atoms with Gasteiger partial charge in [0.1, 0.15) is 0 Å². The van der Waals surface area contributed by atoms with Crippen molar-refractivity contribution in [2.75, 3.05) is 11.9 Å². The minimum Gasteiger partial charge on any atom is -0.388 e. The van der Waals surface area contributed by atoms with Crippen LogP contribution in [0.4, 0.5) is 5.69 Å². The number of nitrogens with one attached hydrogen (secondary N) is 1. The molecule has 1 aromatic rings. The van der Waals surface area contributed by atoms with Crippen LogP contribution in [0.25, 0.3) is 0 Å². The van der Waals surface area contributed by atoms with E-state index in [1.807, 2.05) is 26.0 Å². The van der Waals surface area contributed by atoms with Crippen molar-refractivity contribution in [3.05, 3.63) is 29.8 Å². The molecular formula is C17H29N3O. The fraction of sp³-hybridized carbons (Fsp3) is 0.588. The van der Waals surface area contributed by atoms with E-state index in [9.17, 15) is 5.11 Å². The summed E-state index contributed by atoms with van der Waals surface area (Å²) in [5, 5.41) is 13.2. The molecule has 1 rings (SSSR count). The molecule has 1 atom stereocenters. The maximum absolute atomic E-state index is 10.2. The molecule has 21 heavy (non-hydrogen) atoms. The van der Waals surface area contributed by atoms with Gasteiger partial charge in [0.05, 0.1) is 12.1 Å². The van der Waals surface area contributed by atoms with E-state index in [0.29, 0.717) is 31.3 Å². The molecule has 0 heterocycles. The molecule has 0 bridgehead atoms. The summed E-state index contributed by atoms with van der Waals surface area (Å²) < 4.78 is 0. The molecule has 0 aliphatic heterocycles. The molecule has 0 saturated carbocycles. The number of nitrogens with two attached hydrogens (primary N) is 1. The highest BCUT2D eigenvalue weighted by molar-refractivity contribution is 5.92. The lowest BCUT2D eigenvalue weighted by molar-refractivity contribution is 0.0419. The van der Waals surface area contributed by atoms with E-state index in [1.54, 1.807) is 0 Å². The number of rotatable bonds is 7. The summed E-state index contributed by atoms with van der Waals surface area (Å²) in [5.74, 6) is 0.904. The van der Waals surface area contributed by atoms with Crippen molar-refractivity contribution >= 4 is 11.6 Å². The lowest BCUT2D eigenvalue weighted by atomic mass is 9.98. The van der Waals surface area contributed by atoms with Crippen LogP contribution in [0.5, 0.6) is 0 Å². The molecular weight excluding hydrogens is 262 g/mol. The molecule has 0 aliphatic carbocycles. The molecule has 1 aromatic carbocycles. The zero-order valence-corrected chi connectivity index (χ0v) is 13.7. The Balaban J connectivity index is 2.64. The third-order valence-corrected chi connectivity index (χ3v) is 4.22. The second-order valence-corrected chi connectivity index (χ2v) is 5.69. The van der Waals surface area contributed by atoms with Crippen molar-refractivity contribution in [3.63, 3.8) is 0 Å². The molecule has 0 spiro atoms. The van der Waals surface area contributed by atoms with Crippen molar-refractivity contribution in [1.82, 2.24) is 0 Å². The molecule has 118 valence electrons. The van der Waals surface area contributed by atoms with Gasteiger partial charge in [0, 0.05) is 5.69 Å².